The Morgan fingerprint density at radius 1 is 1.25 bits per heavy atom. The maximum absolute atomic E-state index is 11.9. The summed E-state index contributed by atoms with van der Waals surface area (Å²) in [7, 11) is 0. The Kier molecular flexibility index (Phi) is 4.32. The number of aryl methyl sites for hydroxylation is 1. The third-order valence-electron chi connectivity index (χ3n) is 2.06. The van der Waals surface area contributed by atoms with Gasteiger partial charge in [0.05, 0.1) is 6.61 Å². The van der Waals surface area contributed by atoms with Gasteiger partial charge in [-0.25, -0.2) is 0 Å². The molecule has 1 aromatic carbocycles. The van der Waals surface area contributed by atoms with Crippen LogP contribution in [0.1, 0.15) is 17.2 Å². The number of ether oxygens (including phenoxy) is 1. The normalized spacial score (nSPS) is 13.8. The third kappa shape index (κ3) is 4.20. The molecule has 0 spiro atoms. The van der Waals surface area contributed by atoms with E-state index in [4.69, 9.17) is 5.11 Å². The van der Waals surface area contributed by atoms with Gasteiger partial charge in [-0.2, -0.15) is 13.2 Å². The lowest BCUT2D eigenvalue weighted by Crippen LogP contribution is -2.21. The van der Waals surface area contributed by atoms with Crippen molar-refractivity contribution in [2.75, 3.05) is 13.2 Å². The summed E-state index contributed by atoms with van der Waals surface area (Å²) in [6.45, 7) is 0.0412. The van der Waals surface area contributed by atoms with Gasteiger partial charge in [0.2, 0.25) is 0 Å². The van der Waals surface area contributed by atoms with Crippen LogP contribution in [0.15, 0.2) is 24.3 Å². The summed E-state index contributed by atoms with van der Waals surface area (Å²) in [6, 6.07) is 6.81. The fraction of sp³-hybridized carbons (Fsp3) is 0.455. The first-order valence-electron chi connectivity index (χ1n) is 4.78. The Morgan fingerprint density at radius 2 is 1.81 bits per heavy atom. The van der Waals surface area contributed by atoms with Gasteiger partial charge in [0.25, 0.3) is 0 Å². The lowest BCUT2D eigenvalue weighted by Gasteiger charge is -2.17. The van der Waals surface area contributed by atoms with Crippen molar-refractivity contribution in [1.82, 2.24) is 0 Å². The number of aliphatic hydroxyl groups excluding tert-OH is 1. The first-order valence-corrected chi connectivity index (χ1v) is 4.78. The fourth-order valence-corrected chi connectivity index (χ4v) is 1.23. The predicted molar refractivity (Wildman–Crippen MR) is 53.0 cm³/mol. The first kappa shape index (κ1) is 13.0. The molecule has 0 saturated carbocycles. The minimum Gasteiger partial charge on any atom is -0.393 e. The number of hydrogen-bond acceptors (Lipinski definition) is 2. The molecule has 0 saturated heterocycles. The number of aliphatic hydroxyl groups is 1. The van der Waals surface area contributed by atoms with Gasteiger partial charge in [-0.1, -0.05) is 29.8 Å². The quantitative estimate of drug-likeness (QED) is 0.867. The molecule has 0 aliphatic rings. The van der Waals surface area contributed by atoms with Crippen molar-refractivity contribution in [2.24, 2.45) is 0 Å². The molecule has 0 amide bonds. The minimum absolute atomic E-state index is 0.473. The van der Waals surface area contributed by atoms with Crippen molar-refractivity contribution in [3.05, 3.63) is 35.4 Å². The Labute approximate surface area is 91.7 Å². The van der Waals surface area contributed by atoms with Crippen LogP contribution < -0.4 is 0 Å². The van der Waals surface area contributed by atoms with Crippen LogP contribution in [0.25, 0.3) is 0 Å². The molecule has 0 aromatic heterocycles. The largest absolute Gasteiger partial charge is 0.411 e. The van der Waals surface area contributed by atoms with Gasteiger partial charge in [0.15, 0.2) is 0 Å². The van der Waals surface area contributed by atoms with Crippen molar-refractivity contribution in [1.29, 1.82) is 0 Å². The van der Waals surface area contributed by atoms with Crippen LogP contribution in [0.5, 0.6) is 0 Å². The smallest absolute Gasteiger partial charge is 0.393 e. The molecular weight excluding hydrogens is 221 g/mol. The van der Waals surface area contributed by atoms with Gasteiger partial charge < -0.3 is 9.84 Å². The van der Waals surface area contributed by atoms with E-state index in [0.717, 1.165) is 5.56 Å². The second-order valence-corrected chi connectivity index (χ2v) is 3.51. The summed E-state index contributed by atoms with van der Waals surface area (Å²) in [5.41, 5.74) is 1.54. The average molecular weight is 234 g/mol. The molecular formula is C11H13F3O2. The molecule has 5 heteroatoms. The maximum Gasteiger partial charge on any atom is 0.411 e. The van der Waals surface area contributed by atoms with Crippen LogP contribution >= 0.6 is 0 Å². The molecule has 16 heavy (non-hydrogen) atoms. The molecule has 90 valence electrons. The van der Waals surface area contributed by atoms with E-state index in [1.807, 2.05) is 6.92 Å². The zero-order chi connectivity index (χ0) is 12.2. The van der Waals surface area contributed by atoms with Crippen LogP contribution in [-0.4, -0.2) is 24.5 Å². The van der Waals surface area contributed by atoms with Crippen molar-refractivity contribution < 1.29 is 23.0 Å². The summed E-state index contributed by atoms with van der Waals surface area (Å²) < 4.78 is 40.4. The monoisotopic (exact) mass is 234 g/mol. The summed E-state index contributed by atoms with van der Waals surface area (Å²) in [4.78, 5) is 0. The Balaban J connectivity index is 2.64. The molecule has 0 fully saturated rings. The van der Waals surface area contributed by atoms with E-state index in [9.17, 15) is 13.2 Å². The number of benzene rings is 1. The van der Waals surface area contributed by atoms with E-state index in [1.54, 1.807) is 24.3 Å². The molecule has 1 atom stereocenters. The molecule has 0 aliphatic carbocycles. The molecule has 1 rings (SSSR count). The Hall–Kier alpha value is -1.07. The lowest BCUT2D eigenvalue weighted by atomic mass is 10.1. The standard InChI is InChI=1S/C11H13F3O2/c1-8-2-4-9(5-3-8)10(6-15)16-7-11(12,13)14/h2-5,10,15H,6-7H2,1H3. The van der Waals surface area contributed by atoms with Crippen molar-refractivity contribution in [3.63, 3.8) is 0 Å². The molecule has 2 nitrogen and oxygen atoms in total. The lowest BCUT2D eigenvalue weighted by molar-refractivity contribution is -0.189. The fourth-order valence-electron chi connectivity index (χ4n) is 1.23. The highest BCUT2D eigenvalue weighted by Crippen LogP contribution is 2.22. The van der Waals surface area contributed by atoms with Gasteiger partial charge in [-0.3, -0.25) is 0 Å². The number of alkyl halides is 3. The SMILES string of the molecule is Cc1ccc(C(CO)OCC(F)(F)F)cc1. The summed E-state index contributed by atoms with van der Waals surface area (Å²) in [5, 5.41) is 8.95. The summed E-state index contributed by atoms with van der Waals surface area (Å²) in [6.07, 6.45) is -5.31. The van der Waals surface area contributed by atoms with Gasteiger partial charge in [-0.15, -0.1) is 0 Å². The van der Waals surface area contributed by atoms with E-state index in [1.165, 1.54) is 0 Å². The molecule has 1 N–H and O–H groups in total. The zero-order valence-electron chi connectivity index (χ0n) is 8.79. The van der Waals surface area contributed by atoms with Crippen LogP contribution in [-0.2, 0) is 4.74 Å². The second-order valence-electron chi connectivity index (χ2n) is 3.51. The van der Waals surface area contributed by atoms with Crippen molar-refractivity contribution >= 4 is 0 Å². The summed E-state index contributed by atoms with van der Waals surface area (Å²) >= 11 is 0. The second kappa shape index (κ2) is 5.32. The van der Waals surface area contributed by atoms with E-state index in [0.29, 0.717) is 5.56 Å². The average Bonchev–Trinajstić information content (AvgIpc) is 2.20. The van der Waals surface area contributed by atoms with Gasteiger partial charge in [0, 0.05) is 0 Å². The number of hydrogen-bond donors (Lipinski definition) is 1. The van der Waals surface area contributed by atoms with Gasteiger partial charge >= 0.3 is 6.18 Å². The Morgan fingerprint density at radius 3 is 2.25 bits per heavy atom. The number of halogens is 3. The minimum atomic E-state index is -4.38. The van der Waals surface area contributed by atoms with E-state index in [-0.39, 0.29) is 0 Å². The van der Waals surface area contributed by atoms with E-state index < -0.39 is 25.5 Å². The molecule has 0 radical (unpaired) electrons. The topological polar surface area (TPSA) is 29.5 Å². The van der Waals surface area contributed by atoms with Crippen LogP contribution in [0.2, 0.25) is 0 Å². The van der Waals surface area contributed by atoms with E-state index >= 15 is 0 Å². The molecule has 1 aromatic rings. The zero-order valence-corrected chi connectivity index (χ0v) is 8.79. The number of rotatable bonds is 4. The third-order valence-corrected chi connectivity index (χ3v) is 2.06. The summed E-state index contributed by atoms with van der Waals surface area (Å²) in [5.74, 6) is 0. The Bertz CT molecular complexity index is 319. The van der Waals surface area contributed by atoms with Gasteiger partial charge in [0.1, 0.15) is 12.7 Å². The highest BCUT2D eigenvalue weighted by Gasteiger charge is 2.29. The highest BCUT2D eigenvalue weighted by molar-refractivity contribution is 5.23. The maximum atomic E-state index is 11.9. The molecule has 0 aliphatic heterocycles. The molecule has 0 heterocycles. The van der Waals surface area contributed by atoms with Crippen LogP contribution in [0.4, 0.5) is 13.2 Å². The first-order chi connectivity index (χ1) is 7.42. The predicted octanol–water partition coefficient (Wildman–Crippen LogP) is 2.61. The van der Waals surface area contributed by atoms with Crippen LogP contribution in [0, 0.1) is 6.92 Å². The van der Waals surface area contributed by atoms with Gasteiger partial charge in [-0.05, 0) is 12.5 Å². The van der Waals surface area contributed by atoms with Crippen molar-refractivity contribution in [3.8, 4) is 0 Å². The molecule has 0 bridgehead atoms. The molecule has 1 unspecified atom stereocenters. The highest BCUT2D eigenvalue weighted by atomic mass is 19.4. The van der Waals surface area contributed by atoms with E-state index in [2.05, 4.69) is 4.74 Å². The van der Waals surface area contributed by atoms with Crippen LogP contribution in [0.3, 0.4) is 0 Å². The van der Waals surface area contributed by atoms with Crippen molar-refractivity contribution in [2.45, 2.75) is 19.2 Å².